The number of carbonyl (C=O) groups is 1. The van der Waals surface area contributed by atoms with E-state index in [0.717, 1.165) is 12.8 Å². The van der Waals surface area contributed by atoms with E-state index >= 15 is 0 Å². The van der Waals surface area contributed by atoms with Gasteiger partial charge in [-0.3, -0.25) is 4.79 Å². The summed E-state index contributed by atoms with van der Waals surface area (Å²) in [6.45, 7) is 7.05. The Kier molecular flexibility index (Phi) is 6.54. The number of sulfone groups is 1. The van der Waals surface area contributed by atoms with Crippen molar-refractivity contribution in [2.45, 2.75) is 44.1 Å². The number of carbonyl (C=O) groups excluding carboxylic acids is 1. The molecule has 0 saturated carbocycles. The summed E-state index contributed by atoms with van der Waals surface area (Å²) in [4.78, 5) is 15.7. The molecule has 1 N–H and O–H groups in total. The van der Waals surface area contributed by atoms with Crippen molar-refractivity contribution in [3.8, 4) is 0 Å². The molecule has 1 aromatic rings. The lowest BCUT2D eigenvalue weighted by Gasteiger charge is -2.10. The Bertz CT molecular complexity index is 580. The summed E-state index contributed by atoms with van der Waals surface area (Å²) in [5.74, 6) is -0.495. The van der Waals surface area contributed by atoms with Crippen LogP contribution in [-0.2, 0) is 26.8 Å². The highest BCUT2D eigenvalue weighted by Gasteiger charge is 2.29. The van der Waals surface area contributed by atoms with Crippen LogP contribution < -0.4 is 5.32 Å². The highest BCUT2D eigenvalue weighted by Crippen LogP contribution is 2.11. The molecule has 1 unspecified atom stereocenters. The second kappa shape index (κ2) is 7.92. The van der Waals surface area contributed by atoms with Crippen LogP contribution in [-0.4, -0.2) is 36.3 Å². The first-order valence-corrected chi connectivity index (χ1v) is 8.54. The Hall–Kier alpha value is -1.70. The van der Waals surface area contributed by atoms with Crippen LogP contribution >= 0.6 is 0 Å². The van der Waals surface area contributed by atoms with Gasteiger partial charge in [-0.05, 0) is 13.3 Å². The average molecular weight is 315 g/mol. The zero-order valence-corrected chi connectivity index (χ0v) is 13.1. The number of aryl methyl sites for hydroxylation is 1. The monoisotopic (exact) mass is 315 g/mol. The van der Waals surface area contributed by atoms with Gasteiger partial charge in [-0.1, -0.05) is 24.6 Å². The summed E-state index contributed by atoms with van der Waals surface area (Å²) in [6.07, 6.45) is 4.03. The second-order valence-electron chi connectivity index (χ2n) is 4.69. The third-order valence-electron chi connectivity index (χ3n) is 2.92. The molecule has 8 heteroatoms. The molecule has 0 aliphatic carbocycles. The summed E-state index contributed by atoms with van der Waals surface area (Å²) in [5, 5.41) is 5.00. The maximum Gasteiger partial charge on any atom is 0.241 e. The number of amides is 1. The molecule has 0 bridgehead atoms. The van der Waals surface area contributed by atoms with Gasteiger partial charge >= 0.3 is 0 Å². The van der Waals surface area contributed by atoms with Gasteiger partial charge in [0.1, 0.15) is 11.0 Å². The van der Waals surface area contributed by atoms with Crippen LogP contribution in [0.15, 0.2) is 17.2 Å². The maximum absolute atomic E-state index is 12.1. The van der Waals surface area contributed by atoms with Gasteiger partial charge in [-0.2, -0.15) is 4.98 Å². The van der Waals surface area contributed by atoms with Crippen molar-refractivity contribution in [2.75, 3.05) is 6.54 Å². The van der Waals surface area contributed by atoms with Crippen LogP contribution in [0.1, 0.15) is 38.4 Å². The zero-order chi connectivity index (χ0) is 15.9. The molecule has 0 fully saturated rings. The quantitative estimate of drug-likeness (QED) is 0.683. The summed E-state index contributed by atoms with van der Waals surface area (Å²) in [5.41, 5.74) is 0. The van der Waals surface area contributed by atoms with Gasteiger partial charge in [0.2, 0.25) is 11.8 Å². The summed E-state index contributed by atoms with van der Waals surface area (Å²) in [7, 11) is -3.69. The normalized spacial score (nSPS) is 12.9. The van der Waals surface area contributed by atoms with Gasteiger partial charge in [0.05, 0.1) is 0 Å². The lowest BCUT2D eigenvalue weighted by molar-refractivity contribution is -0.120. The molecular formula is C13H21N3O4S. The van der Waals surface area contributed by atoms with E-state index in [-0.39, 0.29) is 12.4 Å². The molecule has 1 aromatic heterocycles. The van der Waals surface area contributed by atoms with Crippen LogP contribution in [0, 0.1) is 0 Å². The summed E-state index contributed by atoms with van der Waals surface area (Å²) >= 11 is 0. The van der Waals surface area contributed by atoms with E-state index in [1.165, 1.54) is 13.0 Å². The van der Waals surface area contributed by atoms with Gasteiger partial charge in [-0.25, -0.2) is 8.42 Å². The Morgan fingerprint density at radius 2 is 2.24 bits per heavy atom. The van der Waals surface area contributed by atoms with Gasteiger partial charge in [0.25, 0.3) is 0 Å². The minimum Gasteiger partial charge on any atom is -0.352 e. The topological polar surface area (TPSA) is 102 Å². The summed E-state index contributed by atoms with van der Waals surface area (Å²) < 4.78 is 29.1. The molecule has 1 atom stereocenters. The van der Waals surface area contributed by atoms with Gasteiger partial charge < -0.3 is 9.84 Å². The van der Waals surface area contributed by atoms with E-state index in [4.69, 9.17) is 4.52 Å². The SMILES string of the molecule is C=CCNC(=O)C(C)S(=O)(=O)Cc1nc(CCCC)no1. The molecule has 7 nitrogen and oxygen atoms in total. The first kappa shape index (κ1) is 17.4. The Morgan fingerprint density at radius 1 is 1.52 bits per heavy atom. The van der Waals surface area contributed by atoms with Gasteiger partial charge in [0, 0.05) is 13.0 Å². The van der Waals surface area contributed by atoms with Crippen molar-refractivity contribution >= 4 is 15.7 Å². The fourth-order valence-corrected chi connectivity index (χ4v) is 2.68. The fraction of sp³-hybridized carbons (Fsp3) is 0.615. The van der Waals surface area contributed by atoms with Crippen molar-refractivity contribution in [3.05, 3.63) is 24.4 Å². The van der Waals surface area contributed by atoms with E-state index < -0.39 is 26.7 Å². The standard InChI is InChI=1S/C13H21N3O4S/c1-4-6-7-11-15-12(20-16-11)9-21(18,19)10(3)13(17)14-8-5-2/h5,10H,2,4,6-9H2,1,3H3,(H,14,17). The Balaban J connectivity index is 2.68. The third kappa shape index (κ3) is 5.30. The third-order valence-corrected chi connectivity index (χ3v) is 4.86. The number of rotatable bonds is 9. The molecule has 0 aliphatic rings. The number of unbranched alkanes of at least 4 members (excludes halogenated alkanes) is 1. The molecule has 1 amide bonds. The number of aromatic nitrogens is 2. The number of hydrogen-bond acceptors (Lipinski definition) is 6. The van der Waals surface area contributed by atoms with Crippen molar-refractivity contribution in [1.29, 1.82) is 0 Å². The van der Waals surface area contributed by atoms with E-state index in [1.54, 1.807) is 0 Å². The van der Waals surface area contributed by atoms with E-state index in [1.807, 2.05) is 6.92 Å². The molecule has 0 aromatic carbocycles. The van der Waals surface area contributed by atoms with Crippen molar-refractivity contribution in [3.63, 3.8) is 0 Å². The largest absolute Gasteiger partial charge is 0.352 e. The number of hydrogen-bond donors (Lipinski definition) is 1. The first-order valence-electron chi connectivity index (χ1n) is 6.82. The van der Waals surface area contributed by atoms with Gasteiger partial charge in [-0.15, -0.1) is 6.58 Å². The van der Waals surface area contributed by atoms with Crippen molar-refractivity contribution in [1.82, 2.24) is 15.5 Å². The molecule has 0 radical (unpaired) electrons. The molecule has 118 valence electrons. The zero-order valence-electron chi connectivity index (χ0n) is 12.3. The molecule has 0 spiro atoms. The molecule has 0 aliphatic heterocycles. The highest BCUT2D eigenvalue weighted by atomic mass is 32.2. The summed E-state index contributed by atoms with van der Waals surface area (Å²) in [6, 6.07) is 0. The second-order valence-corrected chi connectivity index (χ2v) is 7.01. The van der Waals surface area contributed by atoms with E-state index in [9.17, 15) is 13.2 Å². The number of nitrogens with one attached hydrogen (secondary N) is 1. The smallest absolute Gasteiger partial charge is 0.241 e. The van der Waals surface area contributed by atoms with Crippen LogP contribution in [0.5, 0.6) is 0 Å². The fourth-order valence-electron chi connectivity index (χ4n) is 1.56. The molecule has 1 rings (SSSR count). The Morgan fingerprint density at radius 3 is 2.86 bits per heavy atom. The van der Waals surface area contributed by atoms with Crippen LogP contribution in [0.2, 0.25) is 0 Å². The Labute approximate surface area is 124 Å². The van der Waals surface area contributed by atoms with Crippen LogP contribution in [0.4, 0.5) is 0 Å². The van der Waals surface area contributed by atoms with Crippen LogP contribution in [0.25, 0.3) is 0 Å². The molecular weight excluding hydrogens is 294 g/mol. The number of nitrogens with zero attached hydrogens (tertiary/aromatic N) is 2. The van der Waals surface area contributed by atoms with E-state index in [2.05, 4.69) is 22.0 Å². The van der Waals surface area contributed by atoms with Crippen LogP contribution in [0.3, 0.4) is 0 Å². The predicted octanol–water partition coefficient (Wildman–Crippen LogP) is 1.02. The molecule has 1 heterocycles. The minimum atomic E-state index is -3.69. The first-order chi connectivity index (χ1) is 9.90. The lowest BCUT2D eigenvalue weighted by atomic mass is 10.2. The van der Waals surface area contributed by atoms with E-state index in [0.29, 0.717) is 12.2 Å². The van der Waals surface area contributed by atoms with Crippen molar-refractivity contribution in [2.24, 2.45) is 0 Å². The highest BCUT2D eigenvalue weighted by molar-refractivity contribution is 7.92. The molecule has 21 heavy (non-hydrogen) atoms. The van der Waals surface area contributed by atoms with Crippen molar-refractivity contribution < 1.29 is 17.7 Å². The lowest BCUT2D eigenvalue weighted by Crippen LogP contribution is -2.38. The predicted molar refractivity (Wildman–Crippen MR) is 78.2 cm³/mol. The molecule has 0 saturated heterocycles. The van der Waals surface area contributed by atoms with Gasteiger partial charge in [0.15, 0.2) is 15.7 Å². The average Bonchev–Trinajstić information content (AvgIpc) is 2.88. The minimum absolute atomic E-state index is 0.0180. The maximum atomic E-state index is 12.1.